The van der Waals surface area contributed by atoms with E-state index in [1.54, 1.807) is 25.3 Å². The van der Waals surface area contributed by atoms with Gasteiger partial charge in [-0.1, -0.05) is 0 Å². The highest BCUT2D eigenvalue weighted by atomic mass is 16.1. The summed E-state index contributed by atoms with van der Waals surface area (Å²) in [6, 6.07) is 5.33. The van der Waals surface area contributed by atoms with Crippen molar-refractivity contribution >= 4 is 28.3 Å². The maximum atomic E-state index is 12.2. The van der Waals surface area contributed by atoms with E-state index in [4.69, 9.17) is 0 Å². The molecule has 1 aromatic carbocycles. The molecule has 1 N–H and O–H groups in total. The van der Waals surface area contributed by atoms with Crippen LogP contribution in [0.2, 0.25) is 0 Å². The molecule has 0 atom stereocenters. The number of fused-ring (bicyclic) bond motifs is 3. The lowest BCUT2D eigenvalue weighted by Crippen LogP contribution is -2.21. The Kier molecular flexibility index (Phi) is 2.79. The summed E-state index contributed by atoms with van der Waals surface area (Å²) in [5.41, 5.74) is 2.49. The Morgan fingerprint density at radius 1 is 1.23 bits per heavy atom. The third kappa shape index (κ3) is 1.83. The van der Waals surface area contributed by atoms with Crippen molar-refractivity contribution < 1.29 is 4.79 Å². The lowest BCUT2D eigenvalue weighted by molar-refractivity contribution is 0.101. The van der Waals surface area contributed by atoms with E-state index in [1.807, 2.05) is 10.5 Å². The van der Waals surface area contributed by atoms with Gasteiger partial charge in [-0.3, -0.25) is 14.0 Å². The van der Waals surface area contributed by atoms with Crippen LogP contribution in [0.15, 0.2) is 29.2 Å². The van der Waals surface area contributed by atoms with Crippen LogP contribution < -0.4 is 10.5 Å². The smallest absolute Gasteiger partial charge is 0.274 e. The number of anilines is 1. The summed E-state index contributed by atoms with van der Waals surface area (Å²) < 4.78 is 1.87. The molecule has 0 bridgehead atoms. The van der Waals surface area contributed by atoms with E-state index in [0.29, 0.717) is 16.6 Å². The minimum Gasteiger partial charge on any atom is -0.342 e. The number of nitrogens with one attached hydrogen (secondary N) is 1. The Bertz CT molecular complexity index is 948. The number of carbonyl (C=O) groups excluding carboxylic acids is 1. The van der Waals surface area contributed by atoms with Gasteiger partial charge < -0.3 is 9.88 Å². The molecule has 0 spiro atoms. The molecule has 0 radical (unpaired) electrons. The van der Waals surface area contributed by atoms with E-state index in [2.05, 4.69) is 14.9 Å². The number of aromatic amines is 1. The molecule has 3 aromatic rings. The molecule has 4 rings (SSSR count). The van der Waals surface area contributed by atoms with Crippen molar-refractivity contribution in [1.82, 2.24) is 14.4 Å². The highest BCUT2D eigenvalue weighted by Crippen LogP contribution is 2.23. The van der Waals surface area contributed by atoms with Crippen molar-refractivity contribution in [3.05, 3.63) is 40.3 Å². The van der Waals surface area contributed by atoms with Gasteiger partial charge in [0.2, 0.25) is 5.95 Å². The highest BCUT2D eigenvalue weighted by Gasteiger charge is 2.19. The second-order valence-corrected chi connectivity index (χ2v) is 5.72. The fourth-order valence-electron chi connectivity index (χ4n) is 3.11. The number of carbonyl (C=O) groups is 1. The van der Waals surface area contributed by atoms with Crippen LogP contribution in [0, 0.1) is 0 Å². The lowest BCUT2D eigenvalue weighted by Gasteiger charge is -2.16. The fraction of sp³-hybridized carbons (Fsp3) is 0.312. The second kappa shape index (κ2) is 4.69. The predicted octanol–water partition coefficient (Wildman–Crippen LogP) is 1.98. The maximum Gasteiger partial charge on any atom is 0.274 e. The Labute approximate surface area is 126 Å². The molecule has 1 aliphatic heterocycles. The van der Waals surface area contributed by atoms with Crippen LogP contribution in [-0.4, -0.2) is 33.2 Å². The number of hydrogen-bond acceptors (Lipinski definition) is 4. The van der Waals surface area contributed by atoms with E-state index >= 15 is 0 Å². The van der Waals surface area contributed by atoms with Crippen LogP contribution in [0.5, 0.6) is 0 Å². The van der Waals surface area contributed by atoms with E-state index in [0.717, 1.165) is 37.4 Å². The van der Waals surface area contributed by atoms with Gasteiger partial charge in [0.05, 0.1) is 17.2 Å². The monoisotopic (exact) mass is 296 g/mol. The molecular weight excluding hydrogens is 280 g/mol. The van der Waals surface area contributed by atoms with Gasteiger partial charge in [-0.2, -0.15) is 0 Å². The molecule has 0 saturated carbocycles. The first-order valence-electron chi connectivity index (χ1n) is 7.44. The molecule has 2 aromatic heterocycles. The molecule has 1 aliphatic rings. The predicted molar refractivity (Wildman–Crippen MR) is 84.8 cm³/mol. The summed E-state index contributed by atoms with van der Waals surface area (Å²) >= 11 is 0. The van der Waals surface area contributed by atoms with Gasteiger partial charge in [0.25, 0.3) is 5.56 Å². The number of H-pyrrole nitrogens is 1. The average molecular weight is 296 g/mol. The highest BCUT2D eigenvalue weighted by molar-refractivity contribution is 5.97. The zero-order valence-electron chi connectivity index (χ0n) is 12.3. The van der Waals surface area contributed by atoms with Crippen molar-refractivity contribution in [3.8, 4) is 0 Å². The fourth-order valence-corrected chi connectivity index (χ4v) is 3.11. The number of imidazole rings is 1. The first kappa shape index (κ1) is 13.1. The summed E-state index contributed by atoms with van der Waals surface area (Å²) in [6.45, 7) is 3.43. The number of Topliss-reactive ketones (excluding diaryl/α,β-unsaturated/α-hetero) is 1. The number of ketones is 1. The molecule has 6 heteroatoms. The standard InChI is InChI=1S/C16H16N4O2/c1-10(21)11-4-5-12-13(8-11)20-14(15(22)18-12)9-17-16(20)19-6-2-3-7-19/h4-5,8-9H,2-3,6-7H2,1H3,(H,18,22). The maximum absolute atomic E-state index is 12.2. The third-order valence-corrected chi connectivity index (χ3v) is 4.26. The van der Waals surface area contributed by atoms with Gasteiger partial charge in [0.15, 0.2) is 5.78 Å². The summed E-state index contributed by atoms with van der Waals surface area (Å²) in [4.78, 5) is 33.4. The molecule has 3 heterocycles. The molecule has 22 heavy (non-hydrogen) atoms. The summed E-state index contributed by atoms with van der Waals surface area (Å²) in [6.07, 6.45) is 3.87. The number of hydrogen-bond donors (Lipinski definition) is 1. The van der Waals surface area contributed by atoms with Gasteiger partial charge in [-0.15, -0.1) is 0 Å². The normalized spacial score (nSPS) is 15.0. The second-order valence-electron chi connectivity index (χ2n) is 5.72. The zero-order chi connectivity index (χ0) is 15.3. The van der Waals surface area contributed by atoms with Gasteiger partial charge >= 0.3 is 0 Å². The Hall–Kier alpha value is -2.63. The molecular formula is C16H16N4O2. The van der Waals surface area contributed by atoms with Crippen molar-refractivity contribution in [2.75, 3.05) is 18.0 Å². The van der Waals surface area contributed by atoms with Crippen LogP contribution >= 0.6 is 0 Å². The SMILES string of the molecule is CC(=O)c1ccc2[nH]c(=O)c3cnc(N4CCCC4)n3c2c1. The van der Waals surface area contributed by atoms with E-state index in [1.165, 1.54) is 0 Å². The molecule has 112 valence electrons. The summed E-state index contributed by atoms with van der Waals surface area (Å²) in [5, 5.41) is 0. The van der Waals surface area contributed by atoms with Crippen molar-refractivity contribution in [2.45, 2.75) is 19.8 Å². The minimum absolute atomic E-state index is 0.00379. The van der Waals surface area contributed by atoms with Crippen molar-refractivity contribution in [2.24, 2.45) is 0 Å². The van der Waals surface area contributed by atoms with Crippen LogP contribution in [0.1, 0.15) is 30.1 Å². The van der Waals surface area contributed by atoms with E-state index in [9.17, 15) is 9.59 Å². The summed E-state index contributed by atoms with van der Waals surface area (Å²) in [7, 11) is 0. The van der Waals surface area contributed by atoms with E-state index in [-0.39, 0.29) is 11.3 Å². The zero-order valence-corrected chi connectivity index (χ0v) is 12.3. The van der Waals surface area contributed by atoms with Gasteiger partial charge in [-0.05, 0) is 38.0 Å². The molecule has 6 nitrogen and oxygen atoms in total. The molecule has 1 fully saturated rings. The quantitative estimate of drug-likeness (QED) is 0.734. The van der Waals surface area contributed by atoms with Gasteiger partial charge in [-0.25, -0.2) is 4.98 Å². The Balaban J connectivity index is 2.10. The Morgan fingerprint density at radius 3 is 2.73 bits per heavy atom. The van der Waals surface area contributed by atoms with Crippen molar-refractivity contribution in [1.29, 1.82) is 0 Å². The summed E-state index contributed by atoms with van der Waals surface area (Å²) in [5.74, 6) is 0.786. The lowest BCUT2D eigenvalue weighted by atomic mass is 10.1. The van der Waals surface area contributed by atoms with Crippen molar-refractivity contribution in [3.63, 3.8) is 0 Å². The first-order chi connectivity index (χ1) is 10.6. The van der Waals surface area contributed by atoms with Gasteiger partial charge in [0.1, 0.15) is 5.52 Å². The topological polar surface area (TPSA) is 70.5 Å². The van der Waals surface area contributed by atoms with Crippen LogP contribution in [0.4, 0.5) is 5.95 Å². The van der Waals surface area contributed by atoms with E-state index < -0.39 is 0 Å². The number of aromatic nitrogens is 3. The molecule has 1 saturated heterocycles. The van der Waals surface area contributed by atoms with Crippen LogP contribution in [0.25, 0.3) is 16.6 Å². The molecule has 0 amide bonds. The number of rotatable bonds is 2. The number of nitrogens with zero attached hydrogens (tertiary/aromatic N) is 3. The third-order valence-electron chi connectivity index (χ3n) is 4.26. The minimum atomic E-state index is -0.166. The number of benzene rings is 1. The van der Waals surface area contributed by atoms with Crippen LogP contribution in [0.3, 0.4) is 0 Å². The average Bonchev–Trinajstić information content (AvgIpc) is 3.16. The van der Waals surface area contributed by atoms with Crippen LogP contribution in [-0.2, 0) is 0 Å². The van der Waals surface area contributed by atoms with Gasteiger partial charge in [0, 0.05) is 18.7 Å². The molecule has 0 unspecified atom stereocenters. The largest absolute Gasteiger partial charge is 0.342 e. The first-order valence-corrected chi connectivity index (χ1v) is 7.44. The molecule has 0 aliphatic carbocycles. The Morgan fingerprint density at radius 2 is 2.00 bits per heavy atom.